The fraction of sp³-hybridized carbons (Fsp3) is 0.667. The summed E-state index contributed by atoms with van der Waals surface area (Å²) in [6.45, 7) is 3.25. The number of rotatable bonds is 1. The number of thiocarbonyl (C=S) groups is 1. The van der Waals surface area contributed by atoms with Crippen molar-refractivity contribution in [2.24, 2.45) is 0 Å². The van der Waals surface area contributed by atoms with E-state index in [4.69, 9.17) is 21.7 Å². The molecule has 1 aliphatic rings. The van der Waals surface area contributed by atoms with Gasteiger partial charge in [0.2, 0.25) is 4.38 Å². The van der Waals surface area contributed by atoms with Gasteiger partial charge in [-0.25, -0.2) is 0 Å². The first-order valence-corrected chi connectivity index (χ1v) is 4.43. The van der Waals surface area contributed by atoms with Crippen molar-refractivity contribution < 1.29 is 14.3 Å². The fourth-order valence-corrected chi connectivity index (χ4v) is 1.94. The van der Waals surface area contributed by atoms with Crippen molar-refractivity contribution in [3.63, 3.8) is 0 Å². The molecule has 0 radical (unpaired) electrons. The fourth-order valence-electron chi connectivity index (χ4n) is 0.709. The summed E-state index contributed by atoms with van der Waals surface area (Å²) in [4.78, 5) is 10.5. The molecule has 0 N–H and O–H groups in total. The average Bonchev–Trinajstić information content (AvgIpc) is 2.09. The smallest absolute Gasteiger partial charge is 0.305 e. The number of carbonyl (C=O) groups excluding carboxylic acids is 1. The third-order valence-electron chi connectivity index (χ3n) is 1.16. The highest BCUT2D eigenvalue weighted by molar-refractivity contribution is 8.23. The molecule has 5 heteroatoms. The zero-order chi connectivity index (χ0) is 8.43. The molecule has 0 amide bonds. The second-order valence-electron chi connectivity index (χ2n) is 2.17. The van der Waals surface area contributed by atoms with Gasteiger partial charge in [-0.1, -0.05) is 11.8 Å². The lowest BCUT2D eigenvalue weighted by Crippen LogP contribution is -2.23. The normalized spacial score (nSPS) is 29.8. The molecule has 0 spiro atoms. The number of esters is 1. The standard InChI is InChI=1S/C6H8O3S2/c1-3-5(8-4(2)7)9-6(10)11-3/h3,5H,1-2H3. The molecule has 2 unspecified atom stereocenters. The van der Waals surface area contributed by atoms with Crippen molar-refractivity contribution in [2.45, 2.75) is 25.4 Å². The van der Waals surface area contributed by atoms with Crippen LogP contribution < -0.4 is 0 Å². The molecule has 0 bridgehead atoms. The quantitative estimate of drug-likeness (QED) is 0.462. The minimum absolute atomic E-state index is 0.103. The Morgan fingerprint density at radius 2 is 2.45 bits per heavy atom. The van der Waals surface area contributed by atoms with Crippen LogP contribution in [-0.2, 0) is 14.3 Å². The van der Waals surface area contributed by atoms with Gasteiger partial charge in [0.05, 0.1) is 5.25 Å². The molecule has 3 nitrogen and oxygen atoms in total. The Labute approximate surface area is 74.4 Å². The molecule has 0 aromatic carbocycles. The predicted molar refractivity (Wildman–Crippen MR) is 46.3 cm³/mol. The van der Waals surface area contributed by atoms with Gasteiger partial charge in [0.1, 0.15) is 0 Å². The van der Waals surface area contributed by atoms with Crippen LogP contribution in [0.4, 0.5) is 0 Å². The molecule has 1 rings (SSSR count). The van der Waals surface area contributed by atoms with E-state index in [9.17, 15) is 4.79 Å². The highest BCUT2D eigenvalue weighted by Gasteiger charge is 2.32. The molecule has 62 valence electrons. The van der Waals surface area contributed by atoms with Crippen molar-refractivity contribution in [2.75, 3.05) is 0 Å². The molecule has 0 saturated carbocycles. The summed E-state index contributed by atoms with van der Waals surface area (Å²) in [7, 11) is 0. The lowest BCUT2D eigenvalue weighted by molar-refractivity contribution is -0.160. The molecule has 1 saturated heterocycles. The van der Waals surface area contributed by atoms with Crippen molar-refractivity contribution in [1.29, 1.82) is 0 Å². The van der Waals surface area contributed by atoms with Crippen molar-refractivity contribution in [1.82, 2.24) is 0 Å². The Hall–Kier alpha value is -0.290. The van der Waals surface area contributed by atoms with E-state index in [0.717, 1.165) is 0 Å². The molecule has 0 aliphatic carbocycles. The number of ether oxygens (including phenoxy) is 2. The van der Waals surface area contributed by atoms with E-state index < -0.39 is 6.29 Å². The first-order chi connectivity index (χ1) is 5.09. The van der Waals surface area contributed by atoms with E-state index in [2.05, 4.69) is 0 Å². The van der Waals surface area contributed by atoms with Gasteiger partial charge < -0.3 is 9.47 Å². The minimum atomic E-state index is -0.495. The second kappa shape index (κ2) is 3.40. The van der Waals surface area contributed by atoms with Gasteiger partial charge >= 0.3 is 5.97 Å². The Bertz CT molecular complexity index is 192. The van der Waals surface area contributed by atoms with Gasteiger partial charge in [-0.15, -0.1) is 0 Å². The maximum Gasteiger partial charge on any atom is 0.305 e. The Morgan fingerprint density at radius 3 is 2.82 bits per heavy atom. The van der Waals surface area contributed by atoms with Crippen LogP contribution in [0.5, 0.6) is 0 Å². The largest absolute Gasteiger partial charge is 0.437 e. The second-order valence-corrected chi connectivity index (χ2v) is 4.15. The van der Waals surface area contributed by atoms with Crippen LogP contribution in [-0.4, -0.2) is 21.9 Å². The number of hydrogen-bond acceptors (Lipinski definition) is 5. The van der Waals surface area contributed by atoms with Gasteiger partial charge in [-0.3, -0.25) is 4.79 Å². The lowest BCUT2D eigenvalue weighted by Gasteiger charge is -2.11. The molecule has 1 heterocycles. The van der Waals surface area contributed by atoms with Crippen molar-refractivity contribution in [3.05, 3.63) is 0 Å². The van der Waals surface area contributed by atoms with Gasteiger partial charge in [-0.05, 0) is 19.1 Å². The van der Waals surface area contributed by atoms with E-state index in [0.29, 0.717) is 4.38 Å². The molecular formula is C6H8O3S2. The van der Waals surface area contributed by atoms with E-state index in [1.807, 2.05) is 6.92 Å². The molecule has 0 aromatic rings. The third kappa shape index (κ3) is 2.34. The zero-order valence-corrected chi connectivity index (χ0v) is 7.83. The summed E-state index contributed by atoms with van der Waals surface area (Å²) in [5, 5.41) is 0.103. The molecule has 2 atom stereocenters. The third-order valence-corrected chi connectivity index (χ3v) is 2.43. The SMILES string of the molecule is CC(=O)OC1OC(=S)SC1C. The Morgan fingerprint density at radius 1 is 1.82 bits per heavy atom. The summed E-state index contributed by atoms with van der Waals surface area (Å²) >= 11 is 6.18. The highest BCUT2D eigenvalue weighted by atomic mass is 32.2. The summed E-state index contributed by atoms with van der Waals surface area (Å²) in [6, 6.07) is 0. The average molecular weight is 192 g/mol. The number of thioether (sulfide) groups is 1. The van der Waals surface area contributed by atoms with Crippen LogP contribution in [0.1, 0.15) is 13.8 Å². The first kappa shape index (κ1) is 8.80. The van der Waals surface area contributed by atoms with E-state index in [1.54, 1.807) is 0 Å². The molecular weight excluding hydrogens is 184 g/mol. The van der Waals surface area contributed by atoms with Crippen LogP contribution in [0.2, 0.25) is 0 Å². The molecule has 0 aromatic heterocycles. The number of hydrogen-bond donors (Lipinski definition) is 0. The first-order valence-electron chi connectivity index (χ1n) is 3.14. The van der Waals surface area contributed by atoms with Crippen LogP contribution >= 0.6 is 24.0 Å². The summed E-state index contributed by atoms with van der Waals surface area (Å²) in [5.74, 6) is -0.341. The highest BCUT2D eigenvalue weighted by Crippen LogP contribution is 2.28. The predicted octanol–water partition coefficient (Wildman–Crippen LogP) is 1.31. The lowest BCUT2D eigenvalue weighted by atomic mass is 10.4. The maximum atomic E-state index is 10.5. The monoisotopic (exact) mass is 192 g/mol. The maximum absolute atomic E-state index is 10.5. The number of carbonyl (C=O) groups is 1. The van der Waals surface area contributed by atoms with Crippen LogP contribution in [0.15, 0.2) is 0 Å². The van der Waals surface area contributed by atoms with Gasteiger partial charge in [0, 0.05) is 6.92 Å². The molecule has 1 aliphatic heterocycles. The summed E-state index contributed by atoms with van der Waals surface area (Å²) in [5.41, 5.74) is 0. The Kier molecular flexibility index (Phi) is 2.72. The van der Waals surface area contributed by atoms with Crippen molar-refractivity contribution in [3.8, 4) is 0 Å². The minimum Gasteiger partial charge on any atom is -0.437 e. The van der Waals surface area contributed by atoms with E-state index in [-0.39, 0.29) is 11.2 Å². The van der Waals surface area contributed by atoms with E-state index >= 15 is 0 Å². The summed E-state index contributed by atoms with van der Waals surface area (Å²) in [6.07, 6.45) is -0.495. The topological polar surface area (TPSA) is 35.5 Å². The molecule has 11 heavy (non-hydrogen) atoms. The van der Waals surface area contributed by atoms with Gasteiger partial charge in [0.15, 0.2) is 0 Å². The van der Waals surface area contributed by atoms with E-state index in [1.165, 1.54) is 18.7 Å². The van der Waals surface area contributed by atoms with Crippen LogP contribution in [0.25, 0.3) is 0 Å². The van der Waals surface area contributed by atoms with Gasteiger partial charge in [-0.2, -0.15) is 0 Å². The summed E-state index contributed by atoms with van der Waals surface area (Å²) < 4.78 is 10.3. The van der Waals surface area contributed by atoms with Crippen LogP contribution in [0.3, 0.4) is 0 Å². The Balaban J connectivity index is 2.46. The zero-order valence-electron chi connectivity index (χ0n) is 6.20. The van der Waals surface area contributed by atoms with Gasteiger partial charge in [0.25, 0.3) is 6.29 Å². The van der Waals surface area contributed by atoms with Crippen molar-refractivity contribution >= 4 is 34.3 Å². The van der Waals surface area contributed by atoms with Crippen LogP contribution in [0, 0.1) is 0 Å². The molecule has 1 fully saturated rings.